The average molecular weight is 258 g/mol. The summed E-state index contributed by atoms with van der Waals surface area (Å²) in [7, 11) is 1.45. The van der Waals surface area contributed by atoms with Crippen molar-refractivity contribution in [1.82, 2.24) is 20.2 Å². The number of aromatic nitrogens is 4. The lowest BCUT2D eigenvalue weighted by molar-refractivity contribution is 0.364. The van der Waals surface area contributed by atoms with Crippen molar-refractivity contribution in [2.45, 2.75) is 25.7 Å². The van der Waals surface area contributed by atoms with Gasteiger partial charge in [0.1, 0.15) is 5.69 Å². The van der Waals surface area contributed by atoms with Crippen LogP contribution in [-0.2, 0) is 0 Å². The summed E-state index contributed by atoms with van der Waals surface area (Å²) in [5, 5.41) is 18.1. The molecule has 0 radical (unpaired) electrons. The maximum Gasteiger partial charge on any atom is 0.319 e. The SMILES string of the molecule is COc1ncc(-c2cc(C3CC3)c(C)nn2)c(O)n1. The van der Waals surface area contributed by atoms with Crippen molar-refractivity contribution in [3.8, 4) is 23.1 Å². The molecule has 98 valence electrons. The number of aromatic hydroxyl groups is 1. The number of nitrogens with zero attached hydrogens (tertiary/aromatic N) is 4. The molecule has 0 amide bonds. The predicted octanol–water partition coefficient (Wildman–Crippen LogP) is 1.83. The number of aryl methyl sites for hydroxylation is 1. The highest BCUT2D eigenvalue weighted by molar-refractivity contribution is 5.64. The number of ether oxygens (including phenoxy) is 1. The van der Waals surface area contributed by atoms with Gasteiger partial charge in [-0.15, -0.1) is 5.10 Å². The van der Waals surface area contributed by atoms with Gasteiger partial charge in [-0.2, -0.15) is 10.1 Å². The lowest BCUT2D eigenvalue weighted by Gasteiger charge is -2.07. The normalized spacial score (nSPS) is 14.4. The monoisotopic (exact) mass is 258 g/mol. The molecule has 1 aliphatic rings. The third-order valence-electron chi connectivity index (χ3n) is 3.24. The lowest BCUT2D eigenvalue weighted by Crippen LogP contribution is -1.98. The molecule has 0 aliphatic heterocycles. The molecule has 1 fully saturated rings. The van der Waals surface area contributed by atoms with Crippen LogP contribution in [0.2, 0.25) is 0 Å². The molecule has 2 aromatic rings. The van der Waals surface area contributed by atoms with E-state index < -0.39 is 0 Å². The molecular formula is C13H14N4O2. The van der Waals surface area contributed by atoms with Crippen LogP contribution in [0.25, 0.3) is 11.3 Å². The van der Waals surface area contributed by atoms with Gasteiger partial charge in [-0.25, -0.2) is 4.98 Å². The van der Waals surface area contributed by atoms with Crippen LogP contribution in [0.3, 0.4) is 0 Å². The maximum absolute atomic E-state index is 9.89. The molecule has 0 saturated heterocycles. The minimum atomic E-state index is -0.147. The second kappa shape index (κ2) is 4.46. The first-order valence-corrected chi connectivity index (χ1v) is 6.13. The minimum Gasteiger partial charge on any atom is -0.493 e. The zero-order chi connectivity index (χ0) is 13.4. The zero-order valence-corrected chi connectivity index (χ0v) is 10.8. The molecule has 1 N–H and O–H groups in total. The summed E-state index contributed by atoms with van der Waals surface area (Å²) in [5.74, 6) is 0.433. The molecule has 2 heterocycles. The van der Waals surface area contributed by atoms with E-state index in [1.54, 1.807) is 0 Å². The molecule has 0 spiro atoms. The summed E-state index contributed by atoms with van der Waals surface area (Å²) in [4.78, 5) is 7.82. The van der Waals surface area contributed by atoms with Crippen molar-refractivity contribution in [2.75, 3.05) is 7.11 Å². The Balaban J connectivity index is 2.04. The number of rotatable bonds is 3. The molecular weight excluding hydrogens is 244 g/mol. The van der Waals surface area contributed by atoms with E-state index >= 15 is 0 Å². The highest BCUT2D eigenvalue weighted by atomic mass is 16.5. The van der Waals surface area contributed by atoms with Crippen LogP contribution in [0.1, 0.15) is 30.0 Å². The molecule has 3 rings (SSSR count). The van der Waals surface area contributed by atoms with Crippen LogP contribution in [0.5, 0.6) is 11.9 Å². The molecule has 6 nitrogen and oxygen atoms in total. The molecule has 2 aromatic heterocycles. The van der Waals surface area contributed by atoms with Crippen molar-refractivity contribution in [2.24, 2.45) is 0 Å². The van der Waals surface area contributed by atoms with Crippen molar-refractivity contribution in [3.05, 3.63) is 23.5 Å². The van der Waals surface area contributed by atoms with Crippen molar-refractivity contribution in [1.29, 1.82) is 0 Å². The van der Waals surface area contributed by atoms with Crippen LogP contribution in [0.4, 0.5) is 0 Å². The summed E-state index contributed by atoms with van der Waals surface area (Å²) in [5.41, 5.74) is 3.20. The molecule has 1 aliphatic carbocycles. The zero-order valence-electron chi connectivity index (χ0n) is 10.8. The standard InChI is InChI=1S/C13H14N4O2/c1-7-9(8-3-4-8)5-11(17-16-7)10-6-14-13(19-2)15-12(10)18/h5-6,8H,3-4H2,1-2H3,(H,14,15,18). The highest BCUT2D eigenvalue weighted by Gasteiger charge is 2.26. The quantitative estimate of drug-likeness (QED) is 0.904. The number of hydrogen-bond acceptors (Lipinski definition) is 6. The lowest BCUT2D eigenvalue weighted by atomic mass is 10.1. The molecule has 0 atom stereocenters. The summed E-state index contributed by atoms with van der Waals surface area (Å²) in [6.07, 6.45) is 3.88. The predicted molar refractivity (Wildman–Crippen MR) is 68.0 cm³/mol. The van der Waals surface area contributed by atoms with Gasteiger partial charge in [0.15, 0.2) is 0 Å². The highest BCUT2D eigenvalue weighted by Crippen LogP contribution is 2.42. The Kier molecular flexibility index (Phi) is 2.77. The Morgan fingerprint density at radius 1 is 1.32 bits per heavy atom. The first-order chi connectivity index (χ1) is 9.19. The molecule has 0 unspecified atom stereocenters. The number of hydrogen-bond donors (Lipinski definition) is 1. The van der Waals surface area contributed by atoms with Gasteiger partial charge >= 0.3 is 6.01 Å². The third kappa shape index (κ3) is 2.21. The van der Waals surface area contributed by atoms with E-state index in [9.17, 15) is 5.11 Å². The molecule has 0 bridgehead atoms. The van der Waals surface area contributed by atoms with Crippen molar-refractivity contribution in [3.63, 3.8) is 0 Å². The van der Waals surface area contributed by atoms with Crippen LogP contribution >= 0.6 is 0 Å². The number of methoxy groups -OCH3 is 1. The summed E-state index contributed by atoms with van der Waals surface area (Å²) in [6.45, 7) is 1.95. The summed E-state index contributed by atoms with van der Waals surface area (Å²) in [6, 6.07) is 2.09. The van der Waals surface area contributed by atoms with E-state index in [0.717, 1.165) is 5.69 Å². The Labute approximate surface area is 110 Å². The third-order valence-corrected chi connectivity index (χ3v) is 3.24. The van der Waals surface area contributed by atoms with E-state index in [2.05, 4.69) is 20.2 Å². The Morgan fingerprint density at radius 2 is 2.11 bits per heavy atom. The largest absolute Gasteiger partial charge is 0.493 e. The van der Waals surface area contributed by atoms with Gasteiger partial charge in [0.05, 0.1) is 18.4 Å². The topological polar surface area (TPSA) is 81.0 Å². The second-order valence-corrected chi connectivity index (χ2v) is 4.64. The van der Waals surface area contributed by atoms with Crippen molar-refractivity contribution >= 4 is 0 Å². The van der Waals surface area contributed by atoms with Gasteiger partial charge < -0.3 is 9.84 Å². The fourth-order valence-corrected chi connectivity index (χ4v) is 2.04. The fraction of sp³-hybridized carbons (Fsp3) is 0.385. The fourth-order valence-electron chi connectivity index (χ4n) is 2.04. The van der Waals surface area contributed by atoms with E-state index in [1.807, 2.05) is 13.0 Å². The summed E-state index contributed by atoms with van der Waals surface area (Å²) < 4.78 is 4.86. The van der Waals surface area contributed by atoms with E-state index in [-0.39, 0.29) is 11.9 Å². The minimum absolute atomic E-state index is 0.128. The van der Waals surface area contributed by atoms with Crippen LogP contribution in [0, 0.1) is 6.92 Å². The van der Waals surface area contributed by atoms with E-state index in [4.69, 9.17) is 4.74 Å². The second-order valence-electron chi connectivity index (χ2n) is 4.64. The van der Waals surface area contributed by atoms with Crippen LogP contribution < -0.4 is 4.74 Å². The first kappa shape index (κ1) is 11.8. The molecule has 1 saturated carbocycles. The Hall–Kier alpha value is -2.24. The van der Waals surface area contributed by atoms with E-state index in [0.29, 0.717) is 17.2 Å². The maximum atomic E-state index is 9.89. The average Bonchev–Trinajstić information content (AvgIpc) is 3.24. The van der Waals surface area contributed by atoms with Gasteiger partial charge in [0.2, 0.25) is 5.88 Å². The summed E-state index contributed by atoms with van der Waals surface area (Å²) >= 11 is 0. The van der Waals surface area contributed by atoms with Gasteiger partial charge in [-0.05, 0) is 37.3 Å². The molecule has 6 heteroatoms. The van der Waals surface area contributed by atoms with Gasteiger partial charge in [0.25, 0.3) is 0 Å². The van der Waals surface area contributed by atoms with Crippen LogP contribution in [-0.4, -0.2) is 32.4 Å². The van der Waals surface area contributed by atoms with Crippen LogP contribution in [0.15, 0.2) is 12.3 Å². The smallest absolute Gasteiger partial charge is 0.319 e. The molecule has 19 heavy (non-hydrogen) atoms. The Bertz CT molecular complexity index is 626. The van der Waals surface area contributed by atoms with E-state index in [1.165, 1.54) is 31.7 Å². The first-order valence-electron chi connectivity index (χ1n) is 6.13. The Morgan fingerprint density at radius 3 is 2.74 bits per heavy atom. The molecule has 0 aromatic carbocycles. The van der Waals surface area contributed by atoms with Gasteiger partial charge in [0, 0.05) is 6.20 Å². The van der Waals surface area contributed by atoms with Gasteiger partial charge in [-0.3, -0.25) is 0 Å². The van der Waals surface area contributed by atoms with Gasteiger partial charge in [-0.1, -0.05) is 0 Å². The van der Waals surface area contributed by atoms with Crippen molar-refractivity contribution < 1.29 is 9.84 Å².